The predicted molar refractivity (Wildman–Crippen MR) is 180 cm³/mol. The topological polar surface area (TPSA) is 18.5 Å². The first-order valence-electron chi connectivity index (χ1n) is 14.2. The molecule has 0 unspecified atom stereocenters. The zero-order valence-corrected chi connectivity index (χ0v) is 26.0. The number of aryl methyl sites for hydroxylation is 1. The Balaban J connectivity index is 1.76. The van der Waals surface area contributed by atoms with Gasteiger partial charge in [-0.25, -0.2) is 0 Å². The Kier molecular flexibility index (Phi) is 7.08. The van der Waals surface area contributed by atoms with Crippen LogP contribution < -0.4 is 0 Å². The molecule has 0 saturated heterocycles. The van der Waals surface area contributed by atoms with Crippen molar-refractivity contribution >= 4 is 53.7 Å². The number of rotatable bonds is 3. The van der Waals surface area contributed by atoms with Gasteiger partial charge in [0.1, 0.15) is 11.2 Å². The van der Waals surface area contributed by atoms with Crippen LogP contribution in [0.5, 0.6) is 0 Å². The van der Waals surface area contributed by atoms with Gasteiger partial charge in [-0.3, -0.25) is 0 Å². The Labute approximate surface area is 252 Å². The average molecular weight is 567 g/mol. The predicted octanol–water partition coefficient (Wildman–Crippen LogP) is 9.89. The summed E-state index contributed by atoms with van der Waals surface area (Å²) in [6, 6.07) is 28.6. The lowest BCUT2D eigenvalue weighted by Gasteiger charge is -2.17. The SMILES string of the molecule is COC(C)(C)C#Cc1c2cc3ccccc3cc2c(C#CC(C)(C)OC)c2cc3sc(-c4ccc(C)cc4)cc3cc12. The highest BCUT2D eigenvalue weighted by Gasteiger charge is 2.18. The Bertz CT molecular complexity index is 1990. The molecule has 0 aliphatic rings. The van der Waals surface area contributed by atoms with Crippen LogP contribution >= 0.6 is 11.3 Å². The molecule has 0 spiro atoms. The van der Waals surface area contributed by atoms with Gasteiger partial charge in [-0.15, -0.1) is 11.3 Å². The van der Waals surface area contributed by atoms with Crippen molar-refractivity contribution in [2.45, 2.75) is 45.8 Å². The monoisotopic (exact) mass is 566 g/mol. The fraction of sp³-hybridized carbons (Fsp3) is 0.231. The van der Waals surface area contributed by atoms with E-state index >= 15 is 0 Å². The van der Waals surface area contributed by atoms with Gasteiger partial charge in [0, 0.05) is 40.3 Å². The van der Waals surface area contributed by atoms with Gasteiger partial charge in [0.25, 0.3) is 0 Å². The molecule has 3 heteroatoms. The molecule has 5 aromatic carbocycles. The fourth-order valence-corrected chi connectivity index (χ4v) is 6.19. The van der Waals surface area contributed by atoms with Crippen LogP contribution in [0.15, 0.2) is 78.9 Å². The second-order valence-corrected chi connectivity index (χ2v) is 12.9. The Morgan fingerprint density at radius 2 is 1.07 bits per heavy atom. The molecule has 2 nitrogen and oxygen atoms in total. The first-order chi connectivity index (χ1) is 20.1. The molecule has 42 heavy (non-hydrogen) atoms. The van der Waals surface area contributed by atoms with Gasteiger partial charge < -0.3 is 9.47 Å². The second-order valence-electron chi connectivity index (χ2n) is 11.8. The maximum Gasteiger partial charge on any atom is 0.123 e. The van der Waals surface area contributed by atoms with E-state index < -0.39 is 11.2 Å². The number of benzene rings is 5. The minimum Gasteiger partial charge on any atom is -0.366 e. The molecule has 0 amide bonds. The van der Waals surface area contributed by atoms with E-state index in [1.54, 1.807) is 14.2 Å². The van der Waals surface area contributed by atoms with E-state index in [2.05, 4.69) is 109 Å². The van der Waals surface area contributed by atoms with Crippen molar-refractivity contribution in [1.29, 1.82) is 0 Å². The maximum absolute atomic E-state index is 5.69. The Morgan fingerprint density at radius 1 is 0.595 bits per heavy atom. The lowest BCUT2D eigenvalue weighted by atomic mass is 9.89. The fourth-order valence-electron chi connectivity index (χ4n) is 5.10. The van der Waals surface area contributed by atoms with Crippen molar-refractivity contribution in [3.63, 3.8) is 0 Å². The number of fused-ring (bicyclic) bond motifs is 4. The van der Waals surface area contributed by atoms with E-state index in [9.17, 15) is 0 Å². The van der Waals surface area contributed by atoms with Crippen LogP contribution in [0.25, 0.3) is 52.8 Å². The molecule has 0 fully saturated rings. The molecule has 6 aromatic rings. The zero-order chi connectivity index (χ0) is 29.6. The molecular formula is C39H34O2S. The summed E-state index contributed by atoms with van der Waals surface area (Å²) in [5.74, 6) is 13.9. The highest BCUT2D eigenvalue weighted by atomic mass is 32.1. The molecule has 0 aliphatic carbocycles. The minimum absolute atomic E-state index is 0.581. The van der Waals surface area contributed by atoms with Crippen molar-refractivity contribution < 1.29 is 9.47 Å². The molecule has 208 valence electrons. The first-order valence-corrected chi connectivity index (χ1v) is 15.0. The summed E-state index contributed by atoms with van der Waals surface area (Å²) >= 11 is 1.81. The zero-order valence-electron chi connectivity index (χ0n) is 25.2. The van der Waals surface area contributed by atoms with E-state index in [1.807, 2.05) is 39.0 Å². The average Bonchev–Trinajstić information content (AvgIpc) is 3.40. The summed E-state index contributed by atoms with van der Waals surface area (Å²) in [5, 5.41) is 7.93. The molecule has 0 radical (unpaired) electrons. The van der Waals surface area contributed by atoms with E-state index in [0.29, 0.717) is 0 Å². The normalized spacial score (nSPS) is 12.0. The molecule has 0 aliphatic heterocycles. The van der Waals surface area contributed by atoms with Crippen molar-refractivity contribution in [2.24, 2.45) is 0 Å². The Hall–Kier alpha value is -4.12. The number of methoxy groups -OCH3 is 2. The molecule has 0 atom stereocenters. The van der Waals surface area contributed by atoms with Crippen molar-refractivity contribution in [3.05, 3.63) is 95.6 Å². The lowest BCUT2D eigenvalue weighted by Crippen LogP contribution is -2.19. The van der Waals surface area contributed by atoms with Crippen LogP contribution in [-0.4, -0.2) is 25.4 Å². The van der Waals surface area contributed by atoms with Crippen LogP contribution in [0.4, 0.5) is 0 Å². The minimum atomic E-state index is -0.582. The maximum atomic E-state index is 5.69. The van der Waals surface area contributed by atoms with Gasteiger partial charge in [-0.05, 0) is 103 Å². The third-order valence-corrected chi connectivity index (χ3v) is 9.10. The lowest BCUT2D eigenvalue weighted by molar-refractivity contribution is 0.0739. The highest BCUT2D eigenvalue weighted by Crippen LogP contribution is 2.41. The molecule has 0 bridgehead atoms. The molecule has 1 aromatic heterocycles. The summed E-state index contributed by atoms with van der Waals surface area (Å²) in [4.78, 5) is 1.25. The van der Waals surface area contributed by atoms with E-state index in [-0.39, 0.29) is 0 Å². The van der Waals surface area contributed by atoms with E-state index in [4.69, 9.17) is 9.47 Å². The van der Waals surface area contributed by atoms with Crippen LogP contribution in [-0.2, 0) is 9.47 Å². The summed E-state index contributed by atoms with van der Waals surface area (Å²) in [5.41, 5.74) is 3.32. The van der Waals surface area contributed by atoms with Crippen LogP contribution in [0.1, 0.15) is 44.4 Å². The van der Waals surface area contributed by atoms with Crippen molar-refractivity contribution in [1.82, 2.24) is 0 Å². The van der Waals surface area contributed by atoms with Gasteiger partial charge in [-0.1, -0.05) is 77.8 Å². The number of ether oxygens (including phenoxy) is 2. The molecule has 0 N–H and O–H groups in total. The summed E-state index contributed by atoms with van der Waals surface area (Å²) in [7, 11) is 3.41. The standard InChI is InChI=1S/C39H34O2S/c1-25-12-14-26(15-13-25)36-23-29-22-34-30(16-18-38(2,3)40-6)32-20-27-10-8-9-11-28(27)21-33(32)31(17-19-39(4,5)41-7)35(34)24-37(29)42-36/h8-15,20-24H,1-7H3. The smallest absolute Gasteiger partial charge is 0.123 e. The third kappa shape index (κ3) is 5.29. The highest BCUT2D eigenvalue weighted by molar-refractivity contribution is 7.22. The quantitative estimate of drug-likeness (QED) is 0.157. The Morgan fingerprint density at radius 3 is 1.57 bits per heavy atom. The van der Waals surface area contributed by atoms with Gasteiger partial charge in [0.05, 0.1) is 0 Å². The number of hydrogen-bond acceptors (Lipinski definition) is 3. The van der Waals surface area contributed by atoms with Crippen LogP contribution in [0, 0.1) is 30.6 Å². The van der Waals surface area contributed by atoms with Gasteiger partial charge in [-0.2, -0.15) is 0 Å². The van der Waals surface area contributed by atoms with Crippen LogP contribution in [0.2, 0.25) is 0 Å². The van der Waals surface area contributed by atoms with Crippen molar-refractivity contribution in [3.8, 4) is 34.1 Å². The van der Waals surface area contributed by atoms with E-state index in [1.165, 1.54) is 36.9 Å². The molecular weight excluding hydrogens is 532 g/mol. The summed E-state index contributed by atoms with van der Waals surface area (Å²) in [6.45, 7) is 10.1. The summed E-state index contributed by atoms with van der Waals surface area (Å²) in [6.07, 6.45) is 0. The largest absolute Gasteiger partial charge is 0.366 e. The first kappa shape index (κ1) is 28.0. The molecule has 0 saturated carbocycles. The summed E-state index contributed by atoms with van der Waals surface area (Å²) < 4.78 is 12.6. The second kappa shape index (κ2) is 10.6. The molecule has 1 heterocycles. The number of thiophene rings is 1. The molecule has 6 rings (SSSR count). The van der Waals surface area contributed by atoms with Crippen molar-refractivity contribution in [2.75, 3.05) is 14.2 Å². The number of hydrogen-bond donors (Lipinski definition) is 0. The third-order valence-electron chi connectivity index (χ3n) is 7.95. The van der Waals surface area contributed by atoms with Gasteiger partial charge in [0.15, 0.2) is 0 Å². The van der Waals surface area contributed by atoms with Gasteiger partial charge in [0.2, 0.25) is 0 Å². The van der Waals surface area contributed by atoms with Gasteiger partial charge >= 0.3 is 0 Å². The van der Waals surface area contributed by atoms with Crippen LogP contribution in [0.3, 0.4) is 0 Å². The van der Waals surface area contributed by atoms with E-state index in [0.717, 1.165) is 32.7 Å².